The van der Waals surface area contributed by atoms with Gasteiger partial charge in [0.1, 0.15) is 17.2 Å². The number of alkyl halides is 3. The molecule has 194 valence electrons. The van der Waals surface area contributed by atoms with Crippen molar-refractivity contribution in [3.05, 3.63) is 82.5 Å². The number of methoxy groups -OCH3 is 1. The van der Waals surface area contributed by atoms with E-state index in [4.69, 9.17) is 30.9 Å². The lowest BCUT2D eigenvalue weighted by atomic mass is 10.1. The van der Waals surface area contributed by atoms with Gasteiger partial charge in [-0.3, -0.25) is 0 Å². The van der Waals surface area contributed by atoms with Crippen molar-refractivity contribution < 1.29 is 37.3 Å². The second kappa shape index (κ2) is 10.3. The first-order valence-electron chi connectivity index (χ1n) is 11.2. The van der Waals surface area contributed by atoms with Crippen LogP contribution >= 0.6 is 11.6 Å². The molecule has 0 spiro atoms. The van der Waals surface area contributed by atoms with E-state index in [2.05, 4.69) is 0 Å². The lowest BCUT2D eigenvalue weighted by molar-refractivity contribution is -0.144. The predicted molar refractivity (Wildman–Crippen MR) is 133 cm³/mol. The van der Waals surface area contributed by atoms with Crippen LogP contribution in [0.15, 0.2) is 60.7 Å². The molecule has 0 bridgehead atoms. The van der Waals surface area contributed by atoms with E-state index in [9.17, 15) is 18.0 Å². The summed E-state index contributed by atoms with van der Waals surface area (Å²) >= 11 is 6.41. The van der Waals surface area contributed by atoms with Crippen molar-refractivity contribution in [2.24, 2.45) is 0 Å². The van der Waals surface area contributed by atoms with Crippen molar-refractivity contribution >= 4 is 28.5 Å². The lowest BCUT2D eigenvalue weighted by Crippen LogP contribution is -2.22. The normalized spacial score (nSPS) is 12.4. The highest BCUT2D eigenvalue weighted by Gasteiger charge is 2.31. The van der Waals surface area contributed by atoms with Crippen molar-refractivity contribution in [1.82, 2.24) is 4.57 Å². The summed E-state index contributed by atoms with van der Waals surface area (Å²) in [4.78, 5) is 11.2. The standard InChI is InChI=1S/C27H23ClF3NO5/c1-15-25(37-20-7-5-19(35-3)6-8-20)22-10-4-18(27(29,30)31)13-24(22)32(15)14-17-12-21(9-11-23(17)28)36-16(2)26(33)34/h4-13,16H,14H2,1-3H3,(H,33,34)/t16-/m0/s1. The third kappa shape index (κ3) is 5.61. The average Bonchev–Trinajstić information content (AvgIpc) is 3.11. The quantitative estimate of drug-likeness (QED) is 0.257. The van der Waals surface area contributed by atoms with Crippen molar-refractivity contribution in [1.29, 1.82) is 0 Å². The first-order chi connectivity index (χ1) is 17.5. The largest absolute Gasteiger partial charge is 0.497 e. The maximum Gasteiger partial charge on any atom is 0.416 e. The second-order valence-electron chi connectivity index (χ2n) is 8.36. The highest BCUT2D eigenvalue weighted by molar-refractivity contribution is 6.31. The molecule has 4 rings (SSSR count). The second-order valence-corrected chi connectivity index (χ2v) is 8.77. The van der Waals surface area contributed by atoms with Gasteiger partial charge in [0.25, 0.3) is 0 Å². The van der Waals surface area contributed by atoms with Gasteiger partial charge in [0.2, 0.25) is 0 Å². The van der Waals surface area contributed by atoms with E-state index in [0.717, 1.165) is 12.1 Å². The van der Waals surface area contributed by atoms with E-state index >= 15 is 0 Å². The van der Waals surface area contributed by atoms with Crippen LogP contribution in [0.5, 0.6) is 23.0 Å². The third-order valence-corrected chi connectivity index (χ3v) is 6.25. The predicted octanol–water partition coefficient (Wildman–Crippen LogP) is 7.32. The zero-order valence-electron chi connectivity index (χ0n) is 20.1. The van der Waals surface area contributed by atoms with Gasteiger partial charge < -0.3 is 23.9 Å². The van der Waals surface area contributed by atoms with Gasteiger partial charge in [-0.2, -0.15) is 13.2 Å². The highest BCUT2D eigenvalue weighted by atomic mass is 35.5. The minimum atomic E-state index is -4.54. The fraction of sp³-hybridized carbons (Fsp3) is 0.222. The highest BCUT2D eigenvalue weighted by Crippen LogP contribution is 2.40. The Balaban J connectivity index is 1.80. The number of benzene rings is 3. The van der Waals surface area contributed by atoms with E-state index in [-0.39, 0.29) is 12.3 Å². The number of hydrogen-bond donors (Lipinski definition) is 1. The van der Waals surface area contributed by atoms with E-state index in [1.165, 1.54) is 19.1 Å². The number of hydrogen-bond acceptors (Lipinski definition) is 4. The molecular weight excluding hydrogens is 511 g/mol. The Hall–Kier alpha value is -3.85. The number of nitrogens with zero attached hydrogens (tertiary/aromatic N) is 1. The van der Waals surface area contributed by atoms with Crippen molar-refractivity contribution in [2.45, 2.75) is 32.7 Å². The fourth-order valence-electron chi connectivity index (χ4n) is 3.89. The summed E-state index contributed by atoms with van der Waals surface area (Å²) in [7, 11) is 1.54. The maximum atomic E-state index is 13.6. The molecule has 0 fully saturated rings. The molecule has 1 N–H and O–H groups in total. The number of carbonyl (C=O) groups is 1. The molecule has 0 saturated carbocycles. The molecule has 0 aliphatic rings. The van der Waals surface area contributed by atoms with Crippen LogP contribution in [0.25, 0.3) is 10.9 Å². The molecular formula is C27H23ClF3NO5. The number of carboxylic acid groups (broad SMARTS) is 1. The van der Waals surface area contributed by atoms with Crippen LogP contribution in [0.3, 0.4) is 0 Å². The Labute approximate surface area is 215 Å². The molecule has 1 atom stereocenters. The number of halogens is 4. The number of aromatic nitrogens is 1. The number of carboxylic acids is 1. The number of ether oxygens (including phenoxy) is 3. The topological polar surface area (TPSA) is 69.9 Å². The number of fused-ring (bicyclic) bond motifs is 1. The van der Waals surface area contributed by atoms with Crippen molar-refractivity contribution in [2.75, 3.05) is 7.11 Å². The monoisotopic (exact) mass is 533 g/mol. The van der Waals surface area contributed by atoms with Gasteiger partial charge in [-0.25, -0.2) is 4.79 Å². The molecule has 6 nitrogen and oxygen atoms in total. The minimum absolute atomic E-state index is 0.0904. The molecule has 0 aliphatic heterocycles. The van der Waals surface area contributed by atoms with Crippen LogP contribution in [-0.2, 0) is 17.5 Å². The lowest BCUT2D eigenvalue weighted by Gasteiger charge is -2.15. The molecule has 37 heavy (non-hydrogen) atoms. The Bertz CT molecular complexity index is 1450. The summed E-state index contributed by atoms with van der Waals surface area (Å²) < 4.78 is 59.1. The van der Waals surface area contributed by atoms with Crippen LogP contribution in [-0.4, -0.2) is 28.9 Å². The number of rotatable bonds is 8. The first kappa shape index (κ1) is 26.2. The Morgan fingerprint density at radius 2 is 1.68 bits per heavy atom. The Morgan fingerprint density at radius 3 is 2.30 bits per heavy atom. The molecule has 1 heterocycles. The Morgan fingerprint density at radius 1 is 1.03 bits per heavy atom. The molecule has 10 heteroatoms. The van der Waals surface area contributed by atoms with Crippen LogP contribution in [0.1, 0.15) is 23.7 Å². The molecule has 4 aromatic rings. The van der Waals surface area contributed by atoms with Crippen LogP contribution in [0, 0.1) is 6.92 Å². The summed E-state index contributed by atoms with van der Waals surface area (Å²) in [5.41, 5.74) is 0.613. The zero-order chi connectivity index (χ0) is 26.9. The van der Waals surface area contributed by atoms with Gasteiger partial charge in [-0.05, 0) is 80.1 Å². The number of aliphatic carboxylic acids is 1. The molecule has 0 saturated heterocycles. The van der Waals surface area contributed by atoms with Crippen LogP contribution in [0.2, 0.25) is 5.02 Å². The summed E-state index contributed by atoms with van der Waals surface area (Å²) in [6.07, 6.45) is -5.63. The van der Waals surface area contributed by atoms with Gasteiger partial charge in [0, 0.05) is 17.0 Å². The smallest absolute Gasteiger partial charge is 0.416 e. The summed E-state index contributed by atoms with van der Waals surface area (Å²) in [6, 6.07) is 15.0. The first-order valence-corrected chi connectivity index (χ1v) is 11.6. The molecule has 3 aromatic carbocycles. The minimum Gasteiger partial charge on any atom is -0.497 e. The zero-order valence-corrected chi connectivity index (χ0v) is 20.9. The van der Waals surface area contributed by atoms with E-state index in [1.807, 2.05) is 0 Å². The Kier molecular flexibility index (Phi) is 7.27. The molecule has 0 amide bonds. The summed E-state index contributed by atoms with van der Waals surface area (Å²) in [5, 5.41) is 9.97. The van der Waals surface area contributed by atoms with Crippen LogP contribution < -0.4 is 14.2 Å². The van der Waals surface area contributed by atoms with Gasteiger partial charge in [0.05, 0.1) is 23.9 Å². The molecule has 1 aromatic heterocycles. The fourth-order valence-corrected chi connectivity index (χ4v) is 4.06. The van der Waals surface area contributed by atoms with Gasteiger partial charge in [-0.15, -0.1) is 0 Å². The van der Waals surface area contributed by atoms with E-state index in [1.54, 1.807) is 55.0 Å². The third-order valence-electron chi connectivity index (χ3n) is 5.88. The van der Waals surface area contributed by atoms with E-state index < -0.39 is 23.8 Å². The maximum absolute atomic E-state index is 13.6. The average molecular weight is 534 g/mol. The van der Waals surface area contributed by atoms with Crippen LogP contribution in [0.4, 0.5) is 13.2 Å². The molecule has 0 unspecified atom stereocenters. The SMILES string of the molecule is COc1ccc(Oc2c(C)n(Cc3cc(O[C@@H](C)C(=O)O)ccc3Cl)c3cc(C(F)(F)F)ccc23)cc1. The summed E-state index contributed by atoms with van der Waals surface area (Å²) in [5.74, 6) is 0.656. The van der Waals surface area contributed by atoms with Gasteiger partial charge >= 0.3 is 12.1 Å². The van der Waals surface area contributed by atoms with E-state index in [0.29, 0.717) is 44.4 Å². The summed E-state index contributed by atoms with van der Waals surface area (Å²) in [6.45, 7) is 3.22. The van der Waals surface area contributed by atoms with Gasteiger partial charge in [0.15, 0.2) is 11.9 Å². The van der Waals surface area contributed by atoms with Crippen molar-refractivity contribution in [3.63, 3.8) is 0 Å². The van der Waals surface area contributed by atoms with Gasteiger partial charge in [-0.1, -0.05) is 11.6 Å². The molecule has 0 radical (unpaired) electrons. The van der Waals surface area contributed by atoms with Crippen molar-refractivity contribution in [3.8, 4) is 23.0 Å². The molecule has 0 aliphatic carbocycles.